The smallest absolute Gasteiger partial charge is 0.257 e. The average Bonchev–Trinajstić information content (AvgIpc) is 2.86. The van der Waals surface area contributed by atoms with E-state index < -0.39 is 5.82 Å². The second-order valence-electron chi connectivity index (χ2n) is 4.05. The van der Waals surface area contributed by atoms with Crippen molar-refractivity contribution in [2.24, 2.45) is 0 Å². The summed E-state index contributed by atoms with van der Waals surface area (Å²) in [5.41, 5.74) is 1.14. The maximum atomic E-state index is 13.0. The fraction of sp³-hybridized carbons (Fsp3) is 0.231. The van der Waals surface area contributed by atoms with Gasteiger partial charge >= 0.3 is 0 Å². The first-order valence-electron chi connectivity index (χ1n) is 5.79. The monoisotopic (exact) mass is 279 g/mol. The van der Waals surface area contributed by atoms with Gasteiger partial charge in [-0.25, -0.2) is 9.37 Å². The van der Waals surface area contributed by atoms with Gasteiger partial charge in [-0.05, 0) is 32.2 Å². The molecule has 1 aromatic carbocycles. The van der Waals surface area contributed by atoms with Gasteiger partial charge in [0, 0.05) is 17.0 Å². The van der Waals surface area contributed by atoms with Crippen molar-refractivity contribution in [3.63, 3.8) is 0 Å². The Morgan fingerprint density at radius 3 is 2.95 bits per heavy atom. The predicted molar refractivity (Wildman–Crippen MR) is 73.9 cm³/mol. The Labute approximate surface area is 114 Å². The molecule has 6 heteroatoms. The molecule has 0 bridgehead atoms. The molecule has 1 amide bonds. The molecule has 0 aliphatic carbocycles. The van der Waals surface area contributed by atoms with Gasteiger partial charge in [0.2, 0.25) is 0 Å². The Kier molecular flexibility index (Phi) is 4.24. The van der Waals surface area contributed by atoms with Crippen LogP contribution in [-0.4, -0.2) is 17.9 Å². The van der Waals surface area contributed by atoms with Crippen LogP contribution in [0.15, 0.2) is 29.6 Å². The van der Waals surface area contributed by atoms with Gasteiger partial charge in [0.15, 0.2) is 5.13 Å². The van der Waals surface area contributed by atoms with E-state index in [2.05, 4.69) is 15.6 Å². The van der Waals surface area contributed by atoms with E-state index in [-0.39, 0.29) is 17.5 Å². The summed E-state index contributed by atoms with van der Waals surface area (Å²) >= 11 is 1.34. The Hall–Kier alpha value is -1.79. The van der Waals surface area contributed by atoms with Crippen molar-refractivity contribution < 1.29 is 9.18 Å². The number of anilines is 1. The zero-order valence-electron chi connectivity index (χ0n) is 10.6. The Bertz CT molecular complexity index is 585. The number of hydrogen-bond donors (Lipinski definition) is 2. The molecule has 1 heterocycles. The summed E-state index contributed by atoms with van der Waals surface area (Å²) in [7, 11) is 1.84. The summed E-state index contributed by atoms with van der Waals surface area (Å²) in [6.45, 7) is 1.98. The third kappa shape index (κ3) is 3.36. The minimum atomic E-state index is -0.434. The number of hydrogen-bond acceptors (Lipinski definition) is 4. The molecule has 19 heavy (non-hydrogen) atoms. The van der Waals surface area contributed by atoms with Gasteiger partial charge in [0.05, 0.1) is 5.69 Å². The van der Waals surface area contributed by atoms with Crippen molar-refractivity contribution in [3.05, 3.63) is 46.7 Å². The van der Waals surface area contributed by atoms with Gasteiger partial charge in [0.1, 0.15) is 5.82 Å². The molecule has 2 N–H and O–H groups in total. The highest BCUT2D eigenvalue weighted by Crippen LogP contribution is 2.20. The molecule has 1 aromatic heterocycles. The molecule has 0 aliphatic heterocycles. The number of amides is 1. The number of thiazole rings is 1. The number of carbonyl (C=O) groups excluding carboxylic acids is 1. The summed E-state index contributed by atoms with van der Waals surface area (Å²) in [5, 5.41) is 8.11. The zero-order valence-corrected chi connectivity index (χ0v) is 11.4. The van der Waals surface area contributed by atoms with Crippen LogP contribution < -0.4 is 10.6 Å². The number of halogens is 1. The van der Waals surface area contributed by atoms with E-state index in [1.165, 1.54) is 29.5 Å². The van der Waals surface area contributed by atoms with Crippen molar-refractivity contribution in [2.45, 2.75) is 13.0 Å². The highest BCUT2D eigenvalue weighted by atomic mass is 32.1. The SMILES string of the molecule is CNC(C)c1csc(NC(=O)c2cccc(F)c2)n1. The summed E-state index contributed by atoms with van der Waals surface area (Å²) in [6.07, 6.45) is 0. The van der Waals surface area contributed by atoms with Crippen LogP contribution in [-0.2, 0) is 0 Å². The van der Waals surface area contributed by atoms with Gasteiger partial charge in [0.25, 0.3) is 5.91 Å². The minimum Gasteiger partial charge on any atom is -0.312 e. The molecule has 0 saturated heterocycles. The summed E-state index contributed by atoms with van der Waals surface area (Å²) < 4.78 is 13.0. The van der Waals surface area contributed by atoms with Crippen molar-refractivity contribution in [3.8, 4) is 0 Å². The Morgan fingerprint density at radius 1 is 1.47 bits per heavy atom. The van der Waals surface area contributed by atoms with Crippen molar-refractivity contribution >= 4 is 22.4 Å². The molecule has 2 aromatic rings. The number of nitrogens with zero attached hydrogens (tertiary/aromatic N) is 1. The first-order valence-corrected chi connectivity index (χ1v) is 6.67. The number of aromatic nitrogens is 1. The molecular formula is C13H14FN3OS. The van der Waals surface area contributed by atoms with Crippen molar-refractivity contribution in [2.75, 3.05) is 12.4 Å². The fourth-order valence-corrected chi connectivity index (χ4v) is 2.29. The molecule has 4 nitrogen and oxygen atoms in total. The van der Waals surface area contributed by atoms with Crippen molar-refractivity contribution in [1.29, 1.82) is 0 Å². The van der Waals surface area contributed by atoms with Crippen LogP contribution in [0.3, 0.4) is 0 Å². The third-order valence-corrected chi connectivity index (χ3v) is 3.48. The lowest BCUT2D eigenvalue weighted by atomic mass is 10.2. The third-order valence-electron chi connectivity index (χ3n) is 2.71. The second kappa shape index (κ2) is 5.90. The summed E-state index contributed by atoms with van der Waals surface area (Å²) in [5.74, 6) is -0.797. The Morgan fingerprint density at radius 2 is 2.26 bits per heavy atom. The van der Waals surface area contributed by atoms with Gasteiger partial charge in [-0.2, -0.15) is 0 Å². The van der Waals surface area contributed by atoms with Crippen molar-refractivity contribution in [1.82, 2.24) is 10.3 Å². The van der Waals surface area contributed by atoms with Gasteiger partial charge in [-0.3, -0.25) is 10.1 Å². The lowest BCUT2D eigenvalue weighted by Crippen LogP contribution is -2.14. The van der Waals surface area contributed by atoms with Crippen LogP contribution in [0.25, 0.3) is 0 Å². The standard InChI is InChI=1S/C13H14FN3OS/c1-8(15-2)11-7-19-13(16-11)17-12(18)9-4-3-5-10(14)6-9/h3-8,15H,1-2H3,(H,16,17,18). The van der Waals surface area contributed by atoms with Crippen LogP contribution in [0, 0.1) is 5.82 Å². The van der Waals surface area contributed by atoms with E-state index in [1.807, 2.05) is 19.4 Å². The highest BCUT2D eigenvalue weighted by Gasteiger charge is 2.11. The van der Waals surface area contributed by atoms with Gasteiger partial charge < -0.3 is 5.32 Å². The molecule has 0 aliphatic rings. The molecule has 0 fully saturated rings. The van der Waals surface area contributed by atoms with Gasteiger partial charge in [-0.15, -0.1) is 11.3 Å². The number of carbonyl (C=O) groups is 1. The maximum absolute atomic E-state index is 13.0. The predicted octanol–water partition coefficient (Wildman–Crippen LogP) is 2.81. The molecule has 0 radical (unpaired) electrons. The fourth-order valence-electron chi connectivity index (χ4n) is 1.49. The molecule has 100 valence electrons. The minimum absolute atomic E-state index is 0.121. The topological polar surface area (TPSA) is 54.0 Å². The van der Waals surface area contributed by atoms with Gasteiger partial charge in [-0.1, -0.05) is 6.07 Å². The van der Waals surface area contributed by atoms with E-state index in [0.29, 0.717) is 5.13 Å². The van der Waals surface area contributed by atoms with E-state index in [4.69, 9.17) is 0 Å². The van der Waals surface area contributed by atoms with E-state index in [0.717, 1.165) is 5.69 Å². The average molecular weight is 279 g/mol. The van der Waals surface area contributed by atoms with E-state index >= 15 is 0 Å². The van der Waals surface area contributed by atoms with Crippen LogP contribution in [0.4, 0.5) is 9.52 Å². The normalized spacial score (nSPS) is 12.2. The molecule has 1 unspecified atom stereocenters. The maximum Gasteiger partial charge on any atom is 0.257 e. The quantitative estimate of drug-likeness (QED) is 0.905. The first-order chi connectivity index (χ1) is 9.10. The zero-order chi connectivity index (χ0) is 13.8. The molecule has 0 saturated carbocycles. The molecular weight excluding hydrogens is 265 g/mol. The summed E-state index contributed by atoms with van der Waals surface area (Å²) in [4.78, 5) is 16.2. The lowest BCUT2D eigenvalue weighted by molar-refractivity contribution is 0.102. The van der Waals surface area contributed by atoms with Crippen LogP contribution >= 0.6 is 11.3 Å². The summed E-state index contributed by atoms with van der Waals surface area (Å²) in [6, 6.07) is 5.67. The highest BCUT2D eigenvalue weighted by molar-refractivity contribution is 7.14. The number of nitrogens with one attached hydrogen (secondary N) is 2. The van der Waals surface area contributed by atoms with Crippen LogP contribution in [0.1, 0.15) is 29.0 Å². The second-order valence-corrected chi connectivity index (χ2v) is 4.91. The molecule has 2 rings (SSSR count). The number of benzene rings is 1. The first kappa shape index (κ1) is 13.6. The van der Waals surface area contributed by atoms with E-state index in [9.17, 15) is 9.18 Å². The van der Waals surface area contributed by atoms with Crippen LogP contribution in [0.2, 0.25) is 0 Å². The lowest BCUT2D eigenvalue weighted by Gasteiger charge is -2.05. The Balaban J connectivity index is 2.09. The molecule has 1 atom stereocenters. The largest absolute Gasteiger partial charge is 0.312 e. The van der Waals surface area contributed by atoms with E-state index in [1.54, 1.807) is 6.07 Å². The number of rotatable bonds is 4. The molecule has 0 spiro atoms. The van der Waals surface area contributed by atoms with Crippen LogP contribution in [0.5, 0.6) is 0 Å².